The second-order valence-corrected chi connectivity index (χ2v) is 5.18. The highest BCUT2D eigenvalue weighted by Crippen LogP contribution is 2.15. The van der Waals surface area contributed by atoms with Gasteiger partial charge in [-0.1, -0.05) is 31.2 Å². The number of hydrogen-bond donors (Lipinski definition) is 1. The average molecular weight is 269 g/mol. The van der Waals surface area contributed by atoms with Crippen molar-refractivity contribution in [1.29, 1.82) is 0 Å². The van der Waals surface area contributed by atoms with E-state index in [1.54, 1.807) is 0 Å². The van der Waals surface area contributed by atoms with E-state index >= 15 is 0 Å². The van der Waals surface area contributed by atoms with E-state index in [1.165, 1.54) is 11.1 Å². The van der Waals surface area contributed by atoms with E-state index in [-0.39, 0.29) is 6.10 Å². The Morgan fingerprint density at radius 3 is 2.50 bits per heavy atom. The molecule has 1 N–H and O–H groups in total. The van der Waals surface area contributed by atoms with Gasteiger partial charge in [-0.2, -0.15) is 0 Å². The molecule has 2 heteroatoms. The van der Waals surface area contributed by atoms with E-state index < -0.39 is 0 Å². The van der Waals surface area contributed by atoms with Crippen LogP contribution in [0.5, 0.6) is 5.75 Å². The van der Waals surface area contributed by atoms with Crippen LogP contribution in [0, 0.1) is 6.92 Å². The minimum absolute atomic E-state index is 0.128. The number of nitrogens with one attached hydrogen (secondary N) is 1. The van der Waals surface area contributed by atoms with E-state index in [1.807, 2.05) is 12.1 Å². The Bertz CT molecular complexity index is 533. The Hall–Kier alpha value is -1.96. The highest BCUT2D eigenvalue weighted by atomic mass is 16.5. The molecule has 0 spiro atoms. The molecule has 2 rings (SSSR count). The minimum atomic E-state index is 0.128. The van der Waals surface area contributed by atoms with Crippen molar-refractivity contribution in [3.05, 3.63) is 59.7 Å². The van der Waals surface area contributed by atoms with Crippen molar-refractivity contribution in [1.82, 2.24) is 0 Å². The van der Waals surface area contributed by atoms with Gasteiger partial charge in [-0.05, 0) is 55.7 Å². The molecule has 0 amide bonds. The molecule has 0 saturated heterocycles. The topological polar surface area (TPSA) is 21.3 Å². The summed E-state index contributed by atoms with van der Waals surface area (Å²) in [6.07, 6.45) is 1.19. The van der Waals surface area contributed by atoms with Crippen molar-refractivity contribution in [3.8, 4) is 5.75 Å². The first-order valence-electron chi connectivity index (χ1n) is 7.23. The summed E-state index contributed by atoms with van der Waals surface area (Å²) in [6, 6.07) is 16.7. The van der Waals surface area contributed by atoms with Crippen molar-refractivity contribution < 1.29 is 4.74 Å². The van der Waals surface area contributed by atoms with E-state index in [4.69, 9.17) is 4.74 Å². The Balaban J connectivity index is 1.84. The number of aryl methyl sites for hydroxylation is 2. The van der Waals surface area contributed by atoms with Gasteiger partial charge in [0.2, 0.25) is 0 Å². The molecule has 0 aliphatic heterocycles. The van der Waals surface area contributed by atoms with Crippen molar-refractivity contribution in [2.24, 2.45) is 0 Å². The zero-order valence-corrected chi connectivity index (χ0v) is 12.5. The van der Waals surface area contributed by atoms with Gasteiger partial charge in [0.1, 0.15) is 11.9 Å². The molecule has 0 aromatic heterocycles. The van der Waals surface area contributed by atoms with Crippen molar-refractivity contribution >= 4 is 5.69 Å². The van der Waals surface area contributed by atoms with Crippen LogP contribution >= 0.6 is 0 Å². The number of rotatable bonds is 6. The van der Waals surface area contributed by atoms with Gasteiger partial charge in [0.25, 0.3) is 0 Å². The van der Waals surface area contributed by atoms with Crippen LogP contribution in [0.4, 0.5) is 5.69 Å². The first-order valence-corrected chi connectivity index (χ1v) is 7.23. The Morgan fingerprint density at radius 1 is 1.10 bits per heavy atom. The van der Waals surface area contributed by atoms with Gasteiger partial charge in [0, 0.05) is 5.69 Å². The molecule has 2 aromatic rings. The molecule has 0 radical (unpaired) electrons. The lowest BCUT2D eigenvalue weighted by Gasteiger charge is -2.16. The average Bonchev–Trinajstić information content (AvgIpc) is 2.46. The molecule has 0 bridgehead atoms. The maximum atomic E-state index is 5.90. The normalized spacial score (nSPS) is 11.9. The first kappa shape index (κ1) is 14.4. The first-order chi connectivity index (χ1) is 9.67. The zero-order chi connectivity index (χ0) is 14.4. The lowest BCUT2D eigenvalue weighted by molar-refractivity contribution is 0.234. The molecule has 2 aromatic carbocycles. The predicted molar refractivity (Wildman–Crippen MR) is 85.6 cm³/mol. The van der Waals surface area contributed by atoms with E-state index in [2.05, 4.69) is 62.5 Å². The van der Waals surface area contributed by atoms with Crippen LogP contribution in [0.15, 0.2) is 48.5 Å². The largest absolute Gasteiger partial charge is 0.489 e. The molecule has 0 fully saturated rings. The van der Waals surface area contributed by atoms with Crippen molar-refractivity contribution in [2.45, 2.75) is 33.3 Å². The molecule has 0 aliphatic carbocycles. The van der Waals surface area contributed by atoms with Gasteiger partial charge >= 0.3 is 0 Å². The molecule has 0 saturated carbocycles. The summed E-state index contributed by atoms with van der Waals surface area (Å²) >= 11 is 0. The summed E-state index contributed by atoms with van der Waals surface area (Å²) < 4.78 is 5.90. The van der Waals surface area contributed by atoms with Crippen LogP contribution in [0.2, 0.25) is 0 Å². The maximum Gasteiger partial charge on any atom is 0.119 e. The SMILES string of the molecule is CCc1ccc(OC(C)CNc2cccc(C)c2)cc1. The van der Waals surface area contributed by atoms with Crippen LogP contribution < -0.4 is 10.1 Å². The van der Waals surface area contributed by atoms with E-state index in [0.717, 1.165) is 24.4 Å². The van der Waals surface area contributed by atoms with E-state index in [9.17, 15) is 0 Å². The fraction of sp³-hybridized carbons (Fsp3) is 0.333. The summed E-state index contributed by atoms with van der Waals surface area (Å²) in [5.41, 5.74) is 3.74. The third kappa shape index (κ3) is 4.30. The molecule has 20 heavy (non-hydrogen) atoms. The quantitative estimate of drug-likeness (QED) is 0.837. The zero-order valence-electron chi connectivity index (χ0n) is 12.5. The van der Waals surface area contributed by atoms with Gasteiger partial charge in [0.15, 0.2) is 0 Å². The summed E-state index contributed by atoms with van der Waals surface area (Å²) in [5, 5.41) is 3.40. The number of anilines is 1. The highest BCUT2D eigenvalue weighted by Gasteiger charge is 2.04. The van der Waals surface area contributed by atoms with Gasteiger partial charge < -0.3 is 10.1 Å². The molecule has 0 heterocycles. The van der Waals surface area contributed by atoms with Crippen LogP contribution in [0.25, 0.3) is 0 Å². The van der Waals surface area contributed by atoms with E-state index in [0.29, 0.717) is 0 Å². The summed E-state index contributed by atoms with van der Waals surface area (Å²) in [4.78, 5) is 0. The summed E-state index contributed by atoms with van der Waals surface area (Å²) in [7, 11) is 0. The number of benzene rings is 2. The fourth-order valence-electron chi connectivity index (χ4n) is 2.09. The molecule has 106 valence electrons. The fourth-order valence-corrected chi connectivity index (χ4v) is 2.09. The van der Waals surface area contributed by atoms with Crippen molar-refractivity contribution in [3.63, 3.8) is 0 Å². The predicted octanol–water partition coefficient (Wildman–Crippen LogP) is 4.44. The van der Waals surface area contributed by atoms with Crippen LogP contribution in [-0.4, -0.2) is 12.6 Å². The Morgan fingerprint density at radius 2 is 1.85 bits per heavy atom. The molecule has 1 unspecified atom stereocenters. The maximum absolute atomic E-state index is 5.90. The Kier molecular flexibility index (Phi) is 5.05. The van der Waals surface area contributed by atoms with Gasteiger partial charge in [-0.15, -0.1) is 0 Å². The van der Waals surface area contributed by atoms with Crippen LogP contribution in [-0.2, 0) is 6.42 Å². The van der Waals surface area contributed by atoms with Gasteiger partial charge in [-0.3, -0.25) is 0 Å². The third-order valence-electron chi connectivity index (χ3n) is 3.28. The van der Waals surface area contributed by atoms with Crippen molar-refractivity contribution in [2.75, 3.05) is 11.9 Å². The number of ether oxygens (including phenoxy) is 1. The minimum Gasteiger partial charge on any atom is -0.489 e. The van der Waals surface area contributed by atoms with Crippen LogP contribution in [0.1, 0.15) is 25.0 Å². The molecule has 1 atom stereocenters. The lowest BCUT2D eigenvalue weighted by atomic mass is 10.2. The second kappa shape index (κ2) is 6.99. The molecule has 0 aliphatic rings. The van der Waals surface area contributed by atoms with Gasteiger partial charge in [0.05, 0.1) is 6.54 Å². The summed E-state index contributed by atoms with van der Waals surface area (Å²) in [6.45, 7) is 7.13. The second-order valence-electron chi connectivity index (χ2n) is 5.18. The smallest absolute Gasteiger partial charge is 0.119 e. The molecule has 2 nitrogen and oxygen atoms in total. The monoisotopic (exact) mass is 269 g/mol. The van der Waals surface area contributed by atoms with Gasteiger partial charge in [-0.25, -0.2) is 0 Å². The van der Waals surface area contributed by atoms with Crippen LogP contribution in [0.3, 0.4) is 0 Å². The lowest BCUT2D eigenvalue weighted by Crippen LogP contribution is -2.22. The molecular formula is C18H23NO. The highest BCUT2D eigenvalue weighted by molar-refractivity contribution is 5.45. The molecular weight excluding hydrogens is 246 g/mol. The Labute approximate surface area is 121 Å². The standard InChI is InChI=1S/C18H23NO/c1-4-16-8-10-18(11-9-16)20-15(3)13-19-17-7-5-6-14(2)12-17/h5-12,15,19H,4,13H2,1-3H3. The third-order valence-corrected chi connectivity index (χ3v) is 3.28. The number of hydrogen-bond acceptors (Lipinski definition) is 2. The summed E-state index contributed by atoms with van der Waals surface area (Å²) in [5.74, 6) is 0.931.